The SMILES string of the molecule is COc1ccc(CC(=O)N[C@@H](C)c2cc(C)c(C)cc2C)cc1C. The van der Waals surface area contributed by atoms with Crippen molar-refractivity contribution in [2.24, 2.45) is 0 Å². The standard InChI is InChI=1S/C21H27NO2/c1-13-9-15(3)19(11-14(13)2)17(5)22-21(23)12-18-7-8-20(24-6)16(4)10-18/h7-11,17H,12H2,1-6H3,(H,22,23)/t17-/m0/s1. The number of ether oxygens (including phenoxy) is 1. The van der Waals surface area contributed by atoms with Crippen LogP contribution in [-0.2, 0) is 11.2 Å². The highest BCUT2D eigenvalue weighted by molar-refractivity contribution is 5.79. The van der Waals surface area contributed by atoms with E-state index in [1.807, 2.05) is 32.0 Å². The molecule has 0 fully saturated rings. The molecule has 2 aromatic carbocycles. The number of hydrogen-bond donors (Lipinski definition) is 1. The zero-order valence-electron chi connectivity index (χ0n) is 15.5. The summed E-state index contributed by atoms with van der Waals surface area (Å²) in [4.78, 5) is 12.4. The Labute approximate surface area is 145 Å². The molecule has 1 atom stereocenters. The Hall–Kier alpha value is -2.29. The summed E-state index contributed by atoms with van der Waals surface area (Å²) in [7, 11) is 1.66. The van der Waals surface area contributed by atoms with Crippen LogP contribution in [0.15, 0.2) is 30.3 Å². The molecular formula is C21H27NO2. The number of benzene rings is 2. The molecule has 0 unspecified atom stereocenters. The average Bonchev–Trinajstić information content (AvgIpc) is 2.50. The first-order valence-electron chi connectivity index (χ1n) is 8.32. The van der Waals surface area contributed by atoms with Crippen molar-refractivity contribution in [3.8, 4) is 5.75 Å². The number of methoxy groups -OCH3 is 1. The maximum absolute atomic E-state index is 12.4. The Bertz CT molecular complexity index is 750. The molecule has 0 heterocycles. The fraction of sp³-hybridized carbons (Fsp3) is 0.381. The molecule has 1 amide bonds. The number of rotatable bonds is 5. The molecule has 0 aliphatic rings. The maximum Gasteiger partial charge on any atom is 0.224 e. The van der Waals surface area contributed by atoms with Crippen molar-refractivity contribution in [1.29, 1.82) is 0 Å². The van der Waals surface area contributed by atoms with Crippen LogP contribution < -0.4 is 10.1 Å². The second-order valence-corrected chi connectivity index (χ2v) is 6.56. The highest BCUT2D eigenvalue weighted by Crippen LogP contribution is 2.22. The van der Waals surface area contributed by atoms with E-state index < -0.39 is 0 Å². The zero-order valence-corrected chi connectivity index (χ0v) is 15.5. The topological polar surface area (TPSA) is 38.3 Å². The molecule has 0 aliphatic carbocycles. The molecule has 0 aliphatic heterocycles. The second kappa shape index (κ2) is 7.52. The van der Waals surface area contributed by atoms with Crippen LogP contribution in [-0.4, -0.2) is 13.0 Å². The smallest absolute Gasteiger partial charge is 0.224 e. The second-order valence-electron chi connectivity index (χ2n) is 6.56. The van der Waals surface area contributed by atoms with E-state index in [1.54, 1.807) is 7.11 Å². The van der Waals surface area contributed by atoms with E-state index in [1.165, 1.54) is 22.3 Å². The summed E-state index contributed by atoms with van der Waals surface area (Å²) in [6, 6.07) is 10.2. The van der Waals surface area contributed by atoms with E-state index in [4.69, 9.17) is 4.74 Å². The van der Waals surface area contributed by atoms with E-state index in [2.05, 4.69) is 38.2 Å². The predicted molar refractivity (Wildman–Crippen MR) is 98.6 cm³/mol. The van der Waals surface area contributed by atoms with Gasteiger partial charge in [0.1, 0.15) is 5.75 Å². The van der Waals surface area contributed by atoms with Crippen molar-refractivity contribution in [2.45, 2.75) is 47.1 Å². The molecule has 0 bridgehead atoms. The van der Waals surface area contributed by atoms with Crippen LogP contribution >= 0.6 is 0 Å². The minimum absolute atomic E-state index is 0.00357. The van der Waals surface area contributed by atoms with Crippen molar-refractivity contribution in [3.05, 3.63) is 63.7 Å². The third kappa shape index (κ3) is 4.16. The van der Waals surface area contributed by atoms with Gasteiger partial charge in [0, 0.05) is 0 Å². The summed E-state index contributed by atoms with van der Waals surface area (Å²) in [5, 5.41) is 3.11. The van der Waals surface area contributed by atoms with Gasteiger partial charge in [0.05, 0.1) is 19.6 Å². The number of amides is 1. The third-order valence-electron chi connectivity index (χ3n) is 4.55. The van der Waals surface area contributed by atoms with Crippen LogP contribution in [0.25, 0.3) is 0 Å². The molecule has 0 radical (unpaired) electrons. The Morgan fingerprint density at radius 3 is 2.29 bits per heavy atom. The van der Waals surface area contributed by atoms with Gasteiger partial charge in [-0.1, -0.05) is 24.3 Å². The maximum atomic E-state index is 12.4. The van der Waals surface area contributed by atoms with E-state index in [-0.39, 0.29) is 11.9 Å². The van der Waals surface area contributed by atoms with Gasteiger partial charge < -0.3 is 10.1 Å². The summed E-state index contributed by atoms with van der Waals surface area (Å²) >= 11 is 0. The van der Waals surface area contributed by atoms with Crippen molar-refractivity contribution >= 4 is 5.91 Å². The van der Waals surface area contributed by atoms with Crippen LogP contribution in [0.5, 0.6) is 5.75 Å². The molecule has 0 saturated carbocycles. The zero-order chi connectivity index (χ0) is 17.9. The van der Waals surface area contributed by atoms with Gasteiger partial charge in [-0.2, -0.15) is 0 Å². The Balaban J connectivity index is 2.07. The van der Waals surface area contributed by atoms with Crippen molar-refractivity contribution in [2.75, 3.05) is 7.11 Å². The number of aryl methyl sites for hydroxylation is 4. The van der Waals surface area contributed by atoms with Crippen LogP contribution in [0, 0.1) is 27.7 Å². The lowest BCUT2D eigenvalue weighted by Crippen LogP contribution is -2.28. The number of nitrogens with one attached hydrogen (secondary N) is 1. The summed E-state index contributed by atoms with van der Waals surface area (Å²) in [6.45, 7) is 10.3. The number of carbonyl (C=O) groups excluding carboxylic acids is 1. The minimum Gasteiger partial charge on any atom is -0.496 e. The molecule has 2 aromatic rings. The molecule has 128 valence electrons. The molecule has 1 N–H and O–H groups in total. The lowest BCUT2D eigenvalue weighted by Gasteiger charge is -2.18. The first kappa shape index (κ1) is 18.1. The van der Waals surface area contributed by atoms with Crippen molar-refractivity contribution in [1.82, 2.24) is 5.32 Å². The quantitative estimate of drug-likeness (QED) is 0.887. The summed E-state index contributed by atoms with van der Waals surface area (Å²) < 4.78 is 5.26. The first-order valence-corrected chi connectivity index (χ1v) is 8.32. The van der Waals surface area contributed by atoms with Gasteiger partial charge in [-0.25, -0.2) is 0 Å². The Kier molecular flexibility index (Phi) is 5.66. The molecule has 24 heavy (non-hydrogen) atoms. The van der Waals surface area contributed by atoms with E-state index in [0.29, 0.717) is 6.42 Å². The highest BCUT2D eigenvalue weighted by Gasteiger charge is 2.13. The summed E-state index contributed by atoms with van der Waals surface area (Å²) in [5.41, 5.74) is 6.96. The molecule has 2 rings (SSSR count). The molecule has 3 heteroatoms. The summed E-state index contributed by atoms with van der Waals surface area (Å²) in [5.74, 6) is 0.878. The van der Waals surface area contributed by atoms with E-state index in [9.17, 15) is 4.79 Å². The van der Waals surface area contributed by atoms with Gasteiger partial charge in [-0.05, 0) is 74.1 Å². The molecule has 0 aromatic heterocycles. The van der Waals surface area contributed by atoms with Crippen LogP contribution in [0.2, 0.25) is 0 Å². The van der Waals surface area contributed by atoms with Gasteiger partial charge in [0.2, 0.25) is 5.91 Å². The lowest BCUT2D eigenvalue weighted by atomic mass is 9.96. The largest absolute Gasteiger partial charge is 0.496 e. The highest BCUT2D eigenvalue weighted by atomic mass is 16.5. The molecule has 3 nitrogen and oxygen atoms in total. The van der Waals surface area contributed by atoms with Gasteiger partial charge in [-0.15, -0.1) is 0 Å². The fourth-order valence-corrected chi connectivity index (χ4v) is 3.06. The number of carbonyl (C=O) groups is 1. The Morgan fingerprint density at radius 2 is 1.67 bits per heavy atom. The van der Waals surface area contributed by atoms with Gasteiger partial charge >= 0.3 is 0 Å². The Morgan fingerprint density at radius 1 is 1.00 bits per heavy atom. The summed E-state index contributed by atoms with van der Waals surface area (Å²) in [6.07, 6.45) is 0.374. The van der Waals surface area contributed by atoms with Crippen LogP contribution in [0.1, 0.15) is 46.3 Å². The van der Waals surface area contributed by atoms with E-state index in [0.717, 1.165) is 16.9 Å². The normalized spacial score (nSPS) is 11.9. The van der Waals surface area contributed by atoms with E-state index >= 15 is 0 Å². The minimum atomic E-state index is -0.00357. The van der Waals surface area contributed by atoms with Crippen LogP contribution in [0.4, 0.5) is 0 Å². The average molecular weight is 325 g/mol. The molecule has 0 spiro atoms. The fourth-order valence-electron chi connectivity index (χ4n) is 3.06. The van der Waals surface area contributed by atoms with Gasteiger partial charge in [0.15, 0.2) is 0 Å². The monoisotopic (exact) mass is 325 g/mol. The van der Waals surface area contributed by atoms with Gasteiger partial charge in [0.25, 0.3) is 0 Å². The lowest BCUT2D eigenvalue weighted by molar-refractivity contribution is -0.121. The third-order valence-corrected chi connectivity index (χ3v) is 4.55. The first-order chi connectivity index (χ1) is 11.3. The molecule has 0 saturated heterocycles. The predicted octanol–water partition coefficient (Wildman–Crippen LogP) is 4.35. The van der Waals surface area contributed by atoms with Crippen molar-refractivity contribution < 1.29 is 9.53 Å². The number of hydrogen-bond acceptors (Lipinski definition) is 2. The van der Waals surface area contributed by atoms with Crippen LogP contribution in [0.3, 0.4) is 0 Å². The molecular weight excluding hydrogens is 298 g/mol. The van der Waals surface area contributed by atoms with Gasteiger partial charge in [-0.3, -0.25) is 4.79 Å². The van der Waals surface area contributed by atoms with Crippen molar-refractivity contribution in [3.63, 3.8) is 0 Å².